The quantitative estimate of drug-likeness (QED) is 0.879. The number of aryl methyl sites for hydroxylation is 1. The van der Waals surface area contributed by atoms with Gasteiger partial charge in [0.25, 0.3) is 0 Å². The number of hydrogen-bond donors (Lipinski definition) is 1. The van der Waals surface area contributed by atoms with Crippen molar-refractivity contribution < 1.29 is 0 Å². The molecule has 0 unspecified atom stereocenters. The maximum Gasteiger partial charge on any atom is 0.225 e. The Balaban J connectivity index is 1.99. The van der Waals surface area contributed by atoms with Crippen LogP contribution in [0.25, 0.3) is 0 Å². The fraction of sp³-hybridized carbons (Fsp3) is 0.714. The molecule has 1 aliphatic rings. The van der Waals surface area contributed by atoms with Crippen molar-refractivity contribution >= 4 is 5.95 Å². The van der Waals surface area contributed by atoms with E-state index >= 15 is 0 Å². The summed E-state index contributed by atoms with van der Waals surface area (Å²) in [4.78, 5) is 13.6. The van der Waals surface area contributed by atoms with Crippen molar-refractivity contribution in [2.24, 2.45) is 11.7 Å². The Morgan fingerprint density at radius 1 is 1.32 bits per heavy atom. The second-order valence-electron chi connectivity index (χ2n) is 5.70. The van der Waals surface area contributed by atoms with Crippen molar-refractivity contribution in [3.05, 3.63) is 17.5 Å². The largest absolute Gasteiger partial charge is 0.341 e. The molecule has 0 atom stereocenters. The van der Waals surface area contributed by atoms with E-state index in [-0.39, 0.29) is 0 Å². The molecule has 106 valence electrons. The van der Waals surface area contributed by atoms with Gasteiger partial charge in [0.15, 0.2) is 0 Å². The molecule has 2 heterocycles. The molecule has 19 heavy (non-hydrogen) atoms. The lowest BCUT2D eigenvalue weighted by Gasteiger charge is -2.33. The minimum absolute atomic E-state index is 0.480. The smallest absolute Gasteiger partial charge is 0.225 e. The van der Waals surface area contributed by atoms with Gasteiger partial charge < -0.3 is 15.5 Å². The third-order valence-corrected chi connectivity index (χ3v) is 3.63. The maximum absolute atomic E-state index is 5.68. The Morgan fingerprint density at radius 3 is 2.58 bits per heavy atom. The number of nitrogens with zero attached hydrogens (tertiary/aromatic N) is 4. The number of aromatic nitrogens is 2. The molecule has 1 fully saturated rings. The maximum atomic E-state index is 5.68. The van der Waals surface area contributed by atoms with Gasteiger partial charge >= 0.3 is 0 Å². The molecule has 0 spiro atoms. The lowest BCUT2D eigenvalue weighted by atomic mass is 9.97. The Labute approximate surface area is 115 Å². The van der Waals surface area contributed by atoms with Crippen molar-refractivity contribution in [1.82, 2.24) is 14.9 Å². The molecule has 1 aromatic rings. The number of rotatable bonds is 4. The zero-order valence-electron chi connectivity index (χ0n) is 12.3. The van der Waals surface area contributed by atoms with Gasteiger partial charge in [-0.25, -0.2) is 9.97 Å². The van der Waals surface area contributed by atoms with E-state index in [0.29, 0.717) is 6.54 Å². The molecule has 2 N–H and O–H groups in total. The third kappa shape index (κ3) is 3.88. The summed E-state index contributed by atoms with van der Waals surface area (Å²) >= 11 is 0. The monoisotopic (exact) mass is 263 g/mol. The molecular weight excluding hydrogens is 238 g/mol. The molecule has 0 aliphatic carbocycles. The van der Waals surface area contributed by atoms with Gasteiger partial charge in [0.05, 0.1) is 5.69 Å². The normalized spacial score (nSPS) is 17.2. The van der Waals surface area contributed by atoms with Crippen LogP contribution in [0.3, 0.4) is 0 Å². The van der Waals surface area contributed by atoms with Crippen LogP contribution in [-0.2, 0) is 6.54 Å². The van der Waals surface area contributed by atoms with E-state index in [4.69, 9.17) is 5.73 Å². The van der Waals surface area contributed by atoms with Gasteiger partial charge in [0.1, 0.15) is 0 Å². The van der Waals surface area contributed by atoms with Crippen molar-refractivity contribution in [2.45, 2.75) is 26.3 Å². The lowest BCUT2D eigenvalue weighted by molar-refractivity contribution is 0.284. The first-order chi connectivity index (χ1) is 9.08. The van der Waals surface area contributed by atoms with Crippen LogP contribution in [0.15, 0.2) is 6.07 Å². The van der Waals surface area contributed by atoms with Gasteiger partial charge in [-0.15, -0.1) is 0 Å². The molecule has 0 bridgehead atoms. The first-order valence-electron chi connectivity index (χ1n) is 7.03. The van der Waals surface area contributed by atoms with Crippen LogP contribution in [0.2, 0.25) is 0 Å². The summed E-state index contributed by atoms with van der Waals surface area (Å²) in [6.45, 7) is 5.76. The summed E-state index contributed by atoms with van der Waals surface area (Å²) in [6.07, 6.45) is 2.43. The molecule has 5 nitrogen and oxygen atoms in total. The van der Waals surface area contributed by atoms with Crippen LogP contribution in [0, 0.1) is 12.8 Å². The van der Waals surface area contributed by atoms with Crippen LogP contribution in [0.1, 0.15) is 24.2 Å². The van der Waals surface area contributed by atoms with Crippen molar-refractivity contribution in [1.29, 1.82) is 0 Å². The van der Waals surface area contributed by atoms with E-state index < -0.39 is 0 Å². The molecule has 1 saturated heterocycles. The molecular formula is C14H25N5. The highest BCUT2D eigenvalue weighted by molar-refractivity contribution is 5.33. The van der Waals surface area contributed by atoms with Gasteiger partial charge in [-0.3, -0.25) is 0 Å². The molecule has 0 saturated carbocycles. The molecule has 1 aliphatic heterocycles. The first-order valence-corrected chi connectivity index (χ1v) is 7.03. The first kappa shape index (κ1) is 14.2. The highest BCUT2D eigenvalue weighted by Gasteiger charge is 2.21. The standard InChI is InChI=1S/C14H25N5/c1-11-8-13(9-15)17-14(16-11)19-6-4-12(5-7-19)10-18(2)3/h8,12H,4-7,9-10,15H2,1-3H3. The summed E-state index contributed by atoms with van der Waals surface area (Å²) < 4.78 is 0. The fourth-order valence-corrected chi connectivity index (χ4v) is 2.69. The van der Waals surface area contributed by atoms with Crippen LogP contribution >= 0.6 is 0 Å². The molecule has 5 heteroatoms. The molecule has 1 aromatic heterocycles. The van der Waals surface area contributed by atoms with Crippen LogP contribution in [-0.4, -0.2) is 48.6 Å². The number of anilines is 1. The Morgan fingerprint density at radius 2 is 2.00 bits per heavy atom. The minimum Gasteiger partial charge on any atom is -0.341 e. The SMILES string of the molecule is Cc1cc(CN)nc(N2CCC(CN(C)C)CC2)n1. The van der Waals surface area contributed by atoms with Gasteiger partial charge in [-0.1, -0.05) is 0 Å². The van der Waals surface area contributed by atoms with E-state index in [1.165, 1.54) is 19.4 Å². The van der Waals surface area contributed by atoms with E-state index in [1.807, 2.05) is 13.0 Å². The Kier molecular flexibility index (Phi) is 4.71. The zero-order valence-corrected chi connectivity index (χ0v) is 12.3. The van der Waals surface area contributed by atoms with Crippen molar-refractivity contribution in [2.75, 3.05) is 38.6 Å². The highest BCUT2D eigenvalue weighted by atomic mass is 15.3. The van der Waals surface area contributed by atoms with E-state index in [2.05, 4.69) is 33.9 Å². The fourth-order valence-electron chi connectivity index (χ4n) is 2.69. The summed E-state index contributed by atoms with van der Waals surface area (Å²) in [5, 5.41) is 0. The predicted molar refractivity (Wildman–Crippen MR) is 78.2 cm³/mol. The predicted octanol–water partition coefficient (Wildman–Crippen LogP) is 1.02. The number of nitrogens with two attached hydrogens (primary N) is 1. The number of piperidine rings is 1. The minimum atomic E-state index is 0.480. The second-order valence-corrected chi connectivity index (χ2v) is 5.70. The highest BCUT2D eigenvalue weighted by Crippen LogP contribution is 2.21. The summed E-state index contributed by atoms with van der Waals surface area (Å²) in [5.74, 6) is 1.65. The second kappa shape index (κ2) is 6.30. The molecule has 0 amide bonds. The Hall–Kier alpha value is -1.20. The average molecular weight is 263 g/mol. The van der Waals surface area contributed by atoms with E-state index in [1.54, 1.807) is 0 Å². The van der Waals surface area contributed by atoms with Crippen molar-refractivity contribution in [3.8, 4) is 0 Å². The van der Waals surface area contributed by atoms with Gasteiger partial charge in [-0.2, -0.15) is 0 Å². The van der Waals surface area contributed by atoms with Gasteiger partial charge in [-0.05, 0) is 45.8 Å². The van der Waals surface area contributed by atoms with Gasteiger partial charge in [0, 0.05) is 31.9 Å². The average Bonchev–Trinajstić information content (AvgIpc) is 2.38. The van der Waals surface area contributed by atoms with Crippen LogP contribution < -0.4 is 10.6 Å². The third-order valence-electron chi connectivity index (χ3n) is 3.63. The molecule has 0 aromatic carbocycles. The topological polar surface area (TPSA) is 58.3 Å². The lowest BCUT2D eigenvalue weighted by Crippen LogP contribution is -2.38. The van der Waals surface area contributed by atoms with Crippen LogP contribution in [0.4, 0.5) is 5.95 Å². The van der Waals surface area contributed by atoms with Crippen LogP contribution in [0.5, 0.6) is 0 Å². The molecule has 2 rings (SSSR count). The number of hydrogen-bond acceptors (Lipinski definition) is 5. The summed E-state index contributed by atoms with van der Waals surface area (Å²) in [7, 11) is 4.28. The van der Waals surface area contributed by atoms with E-state index in [9.17, 15) is 0 Å². The van der Waals surface area contributed by atoms with Crippen molar-refractivity contribution in [3.63, 3.8) is 0 Å². The Bertz CT molecular complexity index is 410. The summed E-state index contributed by atoms with van der Waals surface area (Å²) in [5.41, 5.74) is 7.61. The summed E-state index contributed by atoms with van der Waals surface area (Å²) in [6, 6.07) is 1.96. The van der Waals surface area contributed by atoms with E-state index in [0.717, 1.165) is 36.3 Å². The van der Waals surface area contributed by atoms with Gasteiger partial charge in [0.2, 0.25) is 5.95 Å². The zero-order chi connectivity index (χ0) is 13.8. The molecule has 0 radical (unpaired) electrons.